The first-order valence-electron chi connectivity index (χ1n) is 5.68. The summed E-state index contributed by atoms with van der Waals surface area (Å²) in [7, 11) is 4.86. The molecule has 96 valence electrons. The fourth-order valence-electron chi connectivity index (χ4n) is 1.92. The third-order valence-electron chi connectivity index (χ3n) is 2.87. The summed E-state index contributed by atoms with van der Waals surface area (Å²) < 4.78 is 16.0. The van der Waals surface area contributed by atoms with Crippen LogP contribution in [0.1, 0.15) is 24.8 Å². The number of benzene rings is 1. The van der Waals surface area contributed by atoms with Crippen LogP contribution in [0.5, 0.6) is 17.2 Å². The largest absolute Gasteiger partial charge is 0.493 e. The smallest absolute Gasteiger partial charge is 0.203 e. The highest BCUT2D eigenvalue weighted by atomic mass is 16.5. The Morgan fingerprint density at radius 1 is 1.06 bits per heavy atom. The Labute approximate surface area is 103 Å². The van der Waals surface area contributed by atoms with Crippen molar-refractivity contribution >= 4 is 0 Å². The number of hydrogen-bond acceptors (Lipinski definition) is 4. The first-order chi connectivity index (χ1) is 8.19. The summed E-state index contributed by atoms with van der Waals surface area (Å²) in [6, 6.07) is 3.89. The monoisotopic (exact) mass is 239 g/mol. The van der Waals surface area contributed by atoms with E-state index in [2.05, 4.69) is 6.92 Å². The lowest BCUT2D eigenvalue weighted by molar-refractivity contribution is 0.321. The van der Waals surface area contributed by atoms with Crippen molar-refractivity contribution < 1.29 is 14.2 Å². The van der Waals surface area contributed by atoms with Crippen molar-refractivity contribution in [3.05, 3.63) is 17.7 Å². The summed E-state index contributed by atoms with van der Waals surface area (Å²) in [5, 5.41) is 0. The van der Waals surface area contributed by atoms with Gasteiger partial charge in [-0.15, -0.1) is 0 Å². The fraction of sp³-hybridized carbons (Fsp3) is 0.538. The minimum atomic E-state index is 0.328. The molecule has 17 heavy (non-hydrogen) atoms. The van der Waals surface area contributed by atoms with Crippen LogP contribution in [0.3, 0.4) is 0 Å². The molecule has 0 saturated heterocycles. The number of methoxy groups -OCH3 is 3. The number of ether oxygens (including phenoxy) is 3. The molecule has 0 spiro atoms. The van der Waals surface area contributed by atoms with Gasteiger partial charge in [-0.3, -0.25) is 0 Å². The van der Waals surface area contributed by atoms with Crippen molar-refractivity contribution in [3.8, 4) is 17.2 Å². The van der Waals surface area contributed by atoms with Gasteiger partial charge < -0.3 is 19.9 Å². The van der Waals surface area contributed by atoms with Gasteiger partial charge in [0, 0.05) is 5.56 Å². The highest BCUT2D eigenvalue weighted by Crippen LogP contribution is 2.42. The summed E-state index contributed by atoms with van der Waals surface area (Å²) in [6.45, 7) is 2.77. The second kappa shape index (κ2) is 6.35. The maximum atomic E-state index is 5.59. The van der Waals surface area contributed by atoms with Crippen LogP contribution in [0.2, 0.25) is 0 Å². The Morgan fingerprint density at radius 2 is 1.71 bits per heavy atom. The van der Waals surface area contributed by atoms with Gasteiger partial charge in [0.15, 0.2) is 11.5 Å². The minimum Gasteiger partial charge on any atom is -0.493 e. The zero-order chi connectivity index (χ0) is 12.8. The molecule has 2 N–H and O–H groups in total. The minimum absolute atomic E-state index is 0.328. The summed E-state index contributed by atoms with van der Waals surface area (Å²) in [5.41, 5.74) is 6.68. The van der Waals surface area contributed by atoms with Gasteiger partial charge in [-0.05, 0) is 24.9 Å². The van der Waals surface area contributed by atoms with Crippen LogP contribution in [0.25, 0.3) is 0 Å². The van der Waals surface area contributed by atoms with Gasteiger partial charge in [0.1, 0.15) is 0 Å². The van der Waals surface area contributed by atoms with E-state index in [4.69, 9.17) is 19.9 Å². The average Bonchev–Trinajstić information content (AvgIpc) is 2.36. The SMILES string of the molecule is COc1ccc(C(C)CCN)c(OC)c1OC. The molecule has 0 heterocycles. The first kappa shape index (κ1) is 13.6. The fourth-order valence-corrected chi connectivity index (χ4v) is 1.92. The lowest BCUT2D eigenvalue weighted by atomic mass is 9.96. The Hall–Kier alpha value is -1.42. The first-order valence-corrected chi connectivity index (χ1v) is 5.68. The summed E-state index contributed by atoms with van der Waals surface area (Å²) in [4.78, 5) is 0. The summed E-state index contributed by atoms with van der Waals surface area (Å²) in [5.74, 6) is 2.37. The number of nitrogens with two attached hydrogens (primary N) is 1. The van der Waals surface area contributed by atoms with Crippen LogP contribution in [0.4, 0.5) is 0 Å². The highest BCUT2D eigenvalue weighted by molar-refractivity contribution is 5.56. The molecular formula is C13H21NO3. The van der Waals surface area contributed by atoms with E-state index in [9.17, 15) is 0 Å². The van der Waals surface area contributed by atoms with E-state index in [1.807, 2.05) is 12.1 Å². The van der Waals surface area contributed by atoms with E-state index in [-0.39, 0.29) is 0 Å². The van der Waals surface area contributed by atoms with Crippen molar-refractivity contribution in [2.75, 3.05) is 27.9 Å². The predicted molar refractivity (Wildman–Crippen MR) is 68.2 cm³/mol. The molecule has 0 aliphatic heterocycles. The van der Waals surface area contributed by atoms with Gasteiger partial charge >= 0.3 is 0 Å². The van der Waals surface area contributed by atoms with Crippen LogP contribution in [-0.2, 0) is 0 Å². The van der Waals surface area contributed by atoms with Crippen molar-refractivity contribution in [1.29, 1.82) is 0 Å². The van der Waals surface area contributed by atoms with Crippen molar-refractivity contribution in [1.82, 2.24) is 0 Å². The Bertz CT molecular complexity index is 366. The van der Waals surface area contributed by atoms with Gasteiger partial charge in [0.25, 0.3) is 0 Å². The van der Waals surface area contributed by atoms with Gasteiger partial charge in [-0.1, -0.05) is 13.0 Å². The molecule has 0 radical (unpaired) electrons. The van der Waals surface area contributed by atoms with Gasteiger partial charge in [0.2, 0.25) is 5.75 Å². The quantitative estimate of drug-likeness (QED) is 0.826. The Morgan fingerprint density at radius 3 is 2.18 bits per heavy atom. The molecule has 0 bridgehead atoms. The molecule has 1 aromatic rings. The number of hydrogen-bond donors (Lipinski definition) is 1. The molecule has 0 fully saturated rings. The Balaban J connectivity index is 3.22. The molecule has 1 aromatic carbocycles. The maximum absolute atomic E-state index is 5.59. The summed E-state index contributed by atoms with van der Waals surface area (Å²) in [6.07, 6.45) is 0.909. The van der Waals surface area contributed by atoms with E-state index < -0.39 is 0 Å². The normalized spacial score (nSPS) is 12.1. The van der Waals surface area contributed by atoms with Crippen LogP contribution >= 0.6 is 0 Å². The molecule has 4 nitrogen and oxygen atoms in total. The second-order valence-electron chi connectivity index (χ2n) is 3.90. The topological polar surface area (TPSA) is 53.7 Å². The van der Waals surface area contributed by atoms with Crippen LogP contribution < -0.4 is 19.9 Å². The van der Waals surface area contributed by atoms with Crippen molar-refractivity contribution in [2.45, 2.75) is 19.3 Å². The molecular weight excluding hydrogens is 218 g/mol. The third kappa shape index (κ3) is 2.82. The van der Waals surface area contributed by atoms with Crippen LogP contribution in [-0.4, -0.2) is 27.9 Å². The van der Waals surface area contributed by atoms with Crippen molar-refractivity contribution in [3.63, 3.8) is 0 Å². The van der Waals surface area contributed by atoms with Gasteiger partial charge in [-0.2, -0.15) is 0 Å². The van der Waals surface area contributed by atoms with Gasteiger partial charge in [0.05, 0.1) is 21.3 Å². The second-order valence-corrected chi connectivity index (χ2v) is 3.90. The number of rotatable bonds is 6. The molecule has 1 atom stereocenters. The van der Waals surface area contributed by atoms with E-state index in [1.165, 1.54) is 0 Å². The molecule has 4 heteroatoms. The lowest BCUT2D eigenvalue weighted by Gasteiger charge is -2.19. The zero-order valence-corrected chi connectivity index (χ0v) is 10.9. The highest BCUT2D eigenvalue weighted by Gasteiger charge is 2.19. The van der Waals surface area contributed by atoms with Crippen molar-refractivity contribution in [2.24, 2.45) is 5.73 Å². The summed E-state index contributed by atoms with van der Waals surface area (Å²) >= 11 is 0. The predicted octanol–water partition coefficient (Wildman–Crippen LogP) is 2.16. The molecule has 0 aromatic heterocycles. The van der Waals surface area contributed by atoms with E-state index >= 15 is 0 Å². The maximum Gasteiger partial charge on any atom is 0.203 e. The van der Waals surface area contributed by atoms with E-state index in [1.54, 1.807) is 21.3 Å². The molecule has 1 rings (SSSR count). The zero-order valence-electron chi connectivity index (χ0n) is 10.9. The molecule has 1 unspecified atom stereocenters. The standard InChI is InChI=1S/C13H21NO3/c1-9(7-8-14)10-5-6-11(15-2)13(17-4)12(10)16-3/h5-6,9H,7-8,14H2,1-4H3. The van der Waals surface area contributed by atoms with E-state index in [0.717, 1.165) is 17.7 Å². The average molecular weight is 239 g/mol. The van der Waals surface area contributed by atoms with Crippen LogP contribution in [0.15, 0.2) is 12.1 Å². The lowest BCUT2D eigenvalue weighted by Crippen LogP contribution is -2.07. The van der Waals surface area contributed by atoms with Gasteiger partial charge in [-0.25, -0.2) is 0 Å². The third-order valence-corrected chi connectivity index (χ3v) is 2.87. The van der Waals surface area contributed by atoms with Crippen LogP contribution in [0, 0.1) is 0 Å². The Kier molecular flexibility index (Phi) is 5.10. The van der Waals surface area contributed by atoms with E-state index in [0.29, 0.717) is 24.0 Å². The molecule has 0 aliphatic rings. The molecule has 0 saturated carbocycles. The molecule has 0 amide bonds. The molecule has 0 aliphatic carbocycles.